The summed E-state index contributed by atoms with van der Waals surface area (Å²) in [7, 11) is -3.55. The first-order valence-electron chi connectivity index (χ1n) is 13.6. The van der Waals surface area contributed by atoms with Gasteiger partial charge in [0.05, 0.1) is 21.3 Å². The molecule has 0 aromatic heterocycles. The number of hydrogen-bond acceptors (Lipinski definition) is 4. The van der Waals surface area contributed by atoms with Crippen LogP contribution in [-0.4, -0.2) is 44.8 Å². The van der Waals surface area contributed by atoms with E-state index in [4.69, 9.17) is 11.6 Å². The average Bonchev–Trinajstić information content (AvgIpc) is 2.83. The van der Waals surface area contributed by atoms with Crippen LogP contribution in [-0.2, 0) is 14.8 Å². The Balaban J connectivity index is 1.14. The van der Waals surface area contributed by atoms with Crippen LogP contribution in [0.25, 0.3) is 0 Å². The van der Waals surface area contributed by atoms with Gasteiger partial charge < -0.3 is 10.2 Å². The second-order valence-electron chi connectivity index (χ2n) is 12.0. The number of rotatable bonds is 6. The smallest absolute Gasteiger partial charge is 0.243 e. The highest BCUT2D eigenvalue weighted by atomic mass is 35.5. The lowest BCUT2D eigenvalue weighted by atomic mass is 9.49. The highest BCUT2D eigenvalue weighted by molar-refractivity contribution is 7.89. The zero-order chi connectivity index (χ0) is 25.8. The van der Waals surface area contributed by atoms with Crippen molar-refractivity contribution < 1.29 is 13.2 Å². The van der Waals surface area contributed by atoms with Gasteiger partial charge in [0.15, 0.2) is 0 Å². The summed E-state index contributed by atoms with van der Waals surface area (Å²) >= 11 is 6.66. The van der Waals surface area contributed by atoms with E-state index in [-0.39, 0.29) is 11.3 Å². The lowest BCUT2D eigenvalue weighted by molar-refractivity contribution is -0.124. The fourth-order valence-electron chi connectivity index (χ4n) is 7.99. The van der Waals surface area contributed by atoms with E-state index < -0.39 is 10.0 Å². The minimum atomic E-state index is -3.55. The molecule has 1 heterocycles. The van der Waals surface area contributed by atoms with Crippen molar-refractivity contribution in [2.24, 2.45) is 23.2 Å². The zero-order valence-corrected chi connectivity index (χ0v) is 23.0. The Bertz CT molecular complexity index is 1250. The number of amides is 1. The second-order valence-corrected chi connectivity index (χ2v) is 14.3. The summed E-state index contributed by atoms with van der Waals surface area (Å²) in [5, 5.41) is 3.77. The van der Waals surface area contributed by atoms with E-state index in [9.17, 15) is 13.2 Å². The van der Waals surface area contributed by atoms with Crippen LogP contribution in [0.5, 0.6) is 0 Å². The predicted octanol–water partition coefficient (Wildman–Crippen LogP) is 5.70. The minimum Gasteiger partial charge on any atom is -0.366 e. The number of halogens is 1. The van der Waals surface area contributed by atoms with Crippen LogP contribution >= 0.6 is 11.6 Å². The molecule has 0 radical (unpaired) electrons. The van der Waals surface area contributed by atoms with Gasteiger partial charge in [-0.3, -0.25) is 4.79 Å². The van der Waals surface area contributed by atoms with E-state index in [1.54, 1.807) is 12.1 Å². The molecule has 198 valence electrons. The van der Waals surface area contributed by atoms with E-state index in [1.807, 2.05) is 37.3 Å². The van der Waals surface area contributed by atoms with E-state index in [1.165, 1.54) is 42.8 Å². The van der Waals surface area contributed by atoms with Crippen LogP contribution < -0.4 is 10.2 Å². The Kier molecular flexibility index (Phi) is 6.53. The molecule has 37 heavy (non-hydrogen) atoms. The van der Waals surface area contributed by atoms with Gasteiger partial charge in [0.1, 0.15) is 0 Å². The summed E-state index contributed by atoms with van der Waals surface area (Å²) in [6.07, 6.45) is 8.29. The molecule has 1 aliphatic heterocycles. The number of nitrogens with one attached hydrogen (secondary N) is 1. The van der Waals surface area contributed by atoms with Gasteiger partial charge in [-0.15, -0.1) is 0 Å². The topological polar surface area (TPSA) is 69.7 Å². The molecular formula is C29H36ClN3O3S. The van der Waals surface area contributed by atoms with Crippen molar-refractivity contribution in [3.63, 3.8) is 0 Å². The maximum atomic E-state index is 13.3. The SMILES string of the molecule is Cc1ccc(S(=O)(=O)N2CCN(c3c(Cl)cccc3NC(=O)CC34CC5CC(CC(C5)C3)C4)CC2)cc1. The number of sulfonamides is 1. The van der Waals surface area contributed by atoms with Crippen molar-refractivity contribution in [1.82, 2.24) is 4.31 Å². The molecular weight excluding hydrogens is 506 g/mol. The Morgan fingerprint density at radius 3 is 2.14 bits per heavy atom. The molecule has 0 unspecified atom stereocenters. The molecule has 4 aliphatic carbocycles. The first-order valence-corrected chi connectivity index (χ1v) is 15.4. The zero-order valence-electron chi connectivity index (χ0n) is 21.5. The van der Waals surface area contributed by atoms with Crippen LogP contribution in [0.1, 0.15) is 50.5 Å². The summed E-state index contributed by atoms with van der Waals surface area (Å²) in [4.78, 5) is 15.8. The van der Waals surface area contributed by atoms with Gasteiger partial charge in [0, 0.05) is 32.6 Å². The van der Waals surface area contributed by atoms with Gasteiger partial charge in [0.25, 0.3) is 0 Å². The molecule has 5 fully saturated rings. The number of aryl methyl sites for hydroxylation is 1. The molecule has 4 saturated carbocycles. The third-order valence-electron chi connectivity index (χ3n) is 9.18. The fraction of sp³-hybridized carbons (Fsp3) is 0.552. The van der Waals surface area contributed by atoms with Crippen molar-refractivity contribution in [2.45, 2.75) is 56.8 Å². The molecule has 5 aliphatic rings. The van der Waals surface area contributed by atoms with Crippen molar-refractivity contribution in [2.75, 3.05) is 36.4 Å². The second kappa shape index (κ2) is 9.58. The van der Waals surface area contributed by atoms with Gasteiger partial charge in [-0.2, -0.15) is 4.31 Å². The van der Waals surface area contributed by atoms with Crippen LogP contribution in [0.4, 0.5) is 11.4 Å². The molecule has 1 N–H and O–H groups in total. The third kappa shape index (κ3) is 4.90. The van der Waals surface area contributed by atoms with Gasteiger partial charge in [0.2, 0.25) is 15.9 Å². The van der Waals surface area contributed by atoms with E-state index >= 15 is 0 Å². The van der Waals surface area contributed by atoms with Crippen LogP contribution in [0.15, 0.2) is 47.4 Å². The predicted molar refractivity (Wildman–Crippen MR) is 147 cm³/mol. The quantitative estimate of drug-likeness (QED) is 0.509. The van der Waals surface area contributed by atoms with Crippen LogP contribution in [0.2, 0.25) is 5.02 Å². The van der Waals surface area contributed by atoms with Crippen molar-refractivity contribution in [1.29, 1.82) is 0 Å². The summed E-state index contributed by atoms with van der Waals surface area (Å²) in [5.41, 5.74) is 2.71. The van der Waals surface area contributed by atoms with E-state index in [0.29, 0.717) is 42.5 Å². The normalized spacial score (nSPS) is 29.5. The van der Waals surface area contributed by atoms with Crippen molar-refractivity contribution in [3.8, 4) is 0 Å². The lowest BCUT2D eigenvalue weighted by Crippen LogP contribution is -2.49. The monoisotopic (exact) mass is 541 g/mol. The Morgan fingerprint density at radius 1 is 0.946 bits per heavy atom. The summed E-state index contributed by atoms with van der Waals surface area (Å²) in [5.74, 6) is 2.51. The number of benzene rings is 2. The Labute approximate surface area is 225 Å². The lowest BCUT2D eigenvalue weighted by Gasteiger charge is -2.56. The molecule has 1 saturated heterocycles. The molecule has 0 spiro atoms. The Hall–Kier alpha value is -2.09. The number of nitrogens with zero attached hydrogens (tertiary/aromatic N) is 2. The molecule has 7 rings (SSSR count). The maximum Gasteiger partial charge on any atom is 0.243 e. The molecule has 4 bridgehead atoms. The highest BCUT2D eigenvalue weighted by Gasteiger charge is 2.51. The Morgan fingerprint density at radius 2 is 1.54 bits per heavy atom. The third-order valence-corrected chi connectivity index (χ3v) is 11.4. The molecule has 6 nitrogen and oxygen atoms in total. The molecule has 1 amide bonds. The van der Waals surface area contributed by atoms with Crippen LogP contribution in [0.3, 0.4) is 0 Å². The standard InChI is InChI=1S/C29H36ClN3O3S/c1-20-5-7-24(8-6-20)37(35,36)33-11-9-32(10-12-33)28-25(30)3-2-4-26(28)31-27(34)19-29-16-21-13-22(17-29)15-23(14-21)18-29/h2-8,21-23H,9-19H2,1H3,(H,31,34). The van der Waals surface area contributed by atoms with Crippen molar-refractivity contribution in [3.05, 3.63) is 53.1 Å². The van der Waals surface area contributed by atoms with Gasteiger partial charge in [-0.1, -0.05) is 35.4 Å². The fourth-order valence-corrected chi connectivity index (χ4v) is 9.71. The molecule has 8 heteroatoms. The molecule has 0 atom stereocenters. The first kappa shape index (κ1) is 25.2. The summed E-state index contributed by atoms with van der Waals surface area (Å²) in [6.45, 7) is 3.68. The number of carbonyl (C=O) groups is 1. The highest BCUT2D eigenvalue weighted by Crippen LogP contribution is 2.61. The van der Waals surface area contributed by atoms with Gasteiger partial charge in [-0.25, -0.2) is 8.42 Å². The number of hydrogen-bond donors (Lipinski definition) is 1. The summed E-state index contributed by atoms with van der Waals surface area (Å²) < 4.78 is 27.8. The largest absolute Gasteiger partial charge is 0.366 e. The maximum absolute atomic E-state index is 13.3. The minimum absolute atomic E-state index is 0.0750. The van der Waals surface area contributed by atoms with Crippen molar-refractivity contribution >= 4 is 38.9 Å². The summed E-state index contributed by atoms with van der Waals surface area (Å²) in [6, 6.07) is 12.6. The van der Waals surface area contributed by atoms with Gasteiger partial charge >= 0.3 is 0 Å². The number of carbonyl (C=O) groups excluding carboxylic acids is 1. The van der Waals surface area contributed by atoms with Crippen LogP contribution in [0, 0.1) is 30.1 Å². The first-order chi connectivity index (χ1) is 17.7. The van der Waals surface area contributed by atoms with E-state index in [2.05, 4.69) is 10.2 Å². The van der Waals surface area contributed by atoms with Gasteiger partial charge in [-0.05, 0) is 92.9 Å². The van der Waals surface area contributed by atoms with E-state index in [0.717, 1.165) is 34.7 Å². The average molecular weight is 542 g/mol. The number of para-hydroxylation sites is 1. The number of piperazine rings is 1. The molecule has 2 aromatic carbocycles. The number of anilines is 2. The molecule has 2 aromatic rings.